The lowest BCUT2D eigenvalue weighted by atomic mass is 9.98. The third-order valence-corrected chi connectivity index (χ3v) is 4.04. The first-order valence-corrected chi connectivity index (χ1v) is 6.95. The molecule has 1 saturated heterocycles. The smallest absolute Gasteiger partial charge is 0.336 e. The van der Waals surface area contributed by atoms with Gasteiger partial charge in [0, 0.05) is 11.4 Å². The molecule has 1 fully saturated rings. The second-order valence-electron chi connectivity index (χ2n) is 5.47. The predicted molar refractivity (Wildman–Crippen MR) is 78.2 cm³/mol. The average Bonchev–Trinajstić information content (AvgIpc) is 2.96. The van der Waals surface area contributed by atoms with E-state index in [1.54, 1.807) is 6.07 Å². The summed E-state index contributed by atoms with van der Waals surface area (Å²) in [4.78, 5) is 16.3. The van der Waals surface area contributed by atoms with Gasteiger partial charge in [-0.1, -0.05) is 12.1 Å². The maximum Gasteiger partial charge on any atom is 0.336 e. The molecule has 1 aromatic carbocycles. The van der Waals surface area contributed by atoms with Crippen molar-refractivity contribution >= 4 is 16.9 Å². The van der Waals surface area contributed by atoms with Crippen LogP contribution < -0.4 is 5.32 Å². The van der Waals surface area contributed by atoms with E-state index in [2.05, 4.69) is 5.32 Å². The molecule has 4 heteroatoms. The highest BCUT2D eigenvalue weighted by molar-refractivity contribution is 6.04. The van der Waals surface area contributed by atoms with E-state index in [-0.39, 0.29) is 6.04 Å². The molecule has 2 N–H and O–H groups in total. The number of aryl methyl sites for hydroxylation is 2. The second-order valence-corrected chi connectivity index (χ2v) is 5.47. The molecule has 1 aliphatic heterocycles. The van der Waals surface area contributed by atoms with Crippen molar-refractivity contribution in [1.82, 2.24) is 10.3 Å². The second kappa shape index (κ2) is 4.87. The fourth-order valence-corrected chi connectivity index (χ4v) is 2.95. The van der Waals surface area contributed by atoms with E-state index in [0.717, 1.165) is 47.1 Å². The van der Waals surface area contributed by atoms with E-state index < -0.39 is 5.97 Å². The van der Waals surface area contributed by atoms with Crippen molar-refractivity contribution in [3.63, 3.8) is 0 Å². The van der Waals surface area contributed by atoms with Gasteiger partial charge < -0.3 is 10.4 Å². The van der Waals surface area contributed by atoms with Gasteiger partial charge in [-0.15, -0.1) is 0 Å². The Hall–Kier alpha value is -1.94. The number of pyridine rings is 1. The largest absolute Gasteiger partial charge is 0.478 e. The van der Waals surface area contributed by atoms with Gasteiger partial charge in [-0.2, -0.15) is 0 Å². The van der Waals surface area contributed by atoms with Crippen LogP contribution in [0.4, 0.5) is 0 Å². The number of rotatable bonds is 2. The molecule has 0 amide bonds. The zero-order chi connectivity index (χ0) is 14.3. The highest BCUT2D eigenvalue weighted by Crippen LogP contribution is 2.29. The summed E-state index contributed by atoms with van der Waals surface area (Å²) in [5, 5.41) is 13.7. The first-order chi connectivity index (χ1) is 9.58. The molecule has 1 aromatic heterocycles. The lowest BCUT2D eigenvalue weighted by molar-refractivity contribution is 0.0698. The molecule has 1 unspecified atom stereocenters. The van der Waals surface area contributed by atoms with Crippen molar-refractivity contribution in [3.05, 3.63) is 40.6 Å². The standard InChI is InChI=1S/C16H18N2O2/c1-9-5-6-10(2)15-14(9)11(16(19)20)8-13(18-15)12-4-3-7-17-12/h5-6,8,12,17H,3-4,7H2,1-2H3,(H,19,20). The summed E-state index contributed by atoms with van der Waals surface area (Å²) in [6.45, 7) is 4.88. The Morgan fingerprint density at radius 3 is 2.75 bits per heavy atom. The van der Waals surface area contributed by atoms with Gasteiger partial charge in [-0.3, -0.25) is 4.98 Å². The highest BCUT2D eigenvalue weighted by atomic mass is 16.4. The summed E-state index contributed by atoms with van der Waals surface area (Å²) in [5.74, 6) is -0.884. The van der Waals surface area contributed by atoms with Gasteiger partial charge in [-0.05, 0) is 50.4 Å². The zero-order valence-electron chi connectivity index (χ0n) is 11.7. The average molecular weight is 270 g/mol. The van der Waals surface area contributed by atoms with Gasteiger partial charge in [0.25, 0.3) is 0 Å². The van der Waals surface area contributed by atoms with E-state index in [1.165, 1.54) is 0 Å². The molecule has 0 bridgehead atoms. The Bertz CT molecular complexity index is 688. The van der Waals surface area contributed by atoms with Crippen LogP contribution >= 0.6 is 0 Å². The summed E-state index contributed by atoms with van der Waals surface area (Å²) >= 11 is 0. The van der Waals surface area contributed by atoms with E-state index in [0.29, 0.717) is 5.56 Å². The summed E-state index contributed by atoms with van der Waals surface area (Å²) < 4.78 is 0. The highest BCUT2D eigenvalue weighted by Gasteiger charge is 2.22. The molecule has 1 atom stereocenters. The Balaban J connectivity index is 2.30. The quantitative estimate of drug-likeness (QED) is 0.880. The Morgan fingerprint density at radius 1 is 1.35 bits per heavy atom. The van der Waals surface area contributed by atoms with Crippen molar-refractivity contribution in [2.75, 3.05) is 6.54 Å². The molecular formula is C16H18N2O2. The van der Waals surface area contributed by atoms with Crippen LogP contribution in [-0.2, 0) is 0 Å². The number of carboxylic acid groups (broad SMARTS) is 1. The number of hydrogen-bond acceptors (Lipinski definition) is 3. The SMILES string of the molecule is Cc1ccc(C)c2c(C(=O)O)cc(C3CCCN3)nc12. The number of hydrogen-bond donors (Lipinski definition) is 2. The predicted octanol–water partition coefficient (Wildman–Crippen LogP) is 2.97. The number of aromatic nitrogens is 1. The number of benzene rings is 1. The van der Waals surface area contributed by atoms with Crippen molar-refractivity contribution < 1.29 is 9.90 Å². The fraction of sp³-hybridized carbons (Fsp3) is 0.375. The van der Waals surface area contributed by atoms with Gasteiger partial charge >= 0.3 is 5.97 Å². The van der Waals surface area contributed by atoms with Gasteiger partial charge in [0.1, 0.15) is 0 Å². The minimum atomic E-state index is -0.884. The Morgan fingerprint density at radius 2 is 2.10 bits per heavy atom. The molecular weight excluding hydrogens is 252 g/mol. The van der Waals surface area contributed by atoms with E-state index in [1.807, 2.05) is 26.0 Å². The number of fused-ring (bicyclic) bond motifs is 1. The lowest BCUT2D eigenvalue weighted by Crippen LogP contribution is -2.15. The van der Waals surface area contributed by atoms with Crippen LogP contribution in [-0.4, -0.2) is 22.6 Å². The summed E-state index contributed by atoms with van der Waals surface area (Å²) in [6.07, 6.45) is 2.13. The molecule has 104 valence electrons. The number of nitrogens with zero attached hydrogens (tertiary/aromatic N) is 1. The molecule has 0 saturated carbocycles. The molecule has 0 radical (unpaired) electrons. The van der Waals surface area contributed by atoms with Crippen molar-refractivity contribution in [2.45, 2.75) is 32.7 Å². The van der Waals surface area contributed by atoms with Gasteiger partial charge in [0.15, 0.2) is 0 Å². The lowest BCUT2D eigenvalue weighted by Gasteiger charge is -2.15. The van der Waals surface area contributed by atoms with Crippen LogP contribution in [0, 0.1) is 13.8 Å². The molecule has 1 aliphatic rings. The first-order valence-electron chi connectivity index (χ1n) is 6.95. The first kappa shape index (κ1) is 13.1. The maximum atomic E-state index is 11.6. The third kappa shape index (κ3) is 2.06. The monoisotopic (exact) mass is 270 g/mol. The molecule has 0 aliphatic carbocycles. The minimum absolute atomic E-state index is 0.178. The number of carbonyl (C=O) groups is 1. The third-order valence-electron chi connectivity index (χ3n) is 4.04. The van der Waals surface area contributed by atoms with E-state index in [4.69, 9.17) is 4.98 Å². The van der Waals surface area contributed by atoms with Crippen molar-refractivity contribution in [2.24, 2.45) is 0 Å². The van der Waals surface area contributed by atoms with Crippen LogP contribution in [0.25, 0.3) is 10.9 Å². The molecule has 20 heavy (non-hydrogen) atoms. The Labute approximate surface area is 117 Å². The summed E-state index contributed by atoms with van der Waals surface area (Å²) in [7, 11) is 0. The maximum absolute atomic E-state index is 11.6. The molecule has 2 heterocycles. The topological polar surface area (TPSA) is 62.2 Å². The van der Waals surface area contributed by atoms with Crippen LogP contribution in [0.3, 0.4) is 0 Å². The fourth-order valence-electron chi connectivity index (χ4n) is 2.95. The molecule has 2 aromatic rings. The molecule has 0 spiro atoms. The van der Waals surface area contributed by atoms with Crippen LogP contribution in [0.5, 0.6) is 0 Å². The minimum Gasteiger partial charge on any atom is -0.478 e. The van der Waals surface area contributed by atoms with Crippen LogP contribution in [0.2, 0.25) is 0 Å². The summed E-state index contributed by atoms with van der Waals surface area (Å²) in [5.41, 5.74) is 4.00. The number of nitrogens with one attached hydrogen (secondary N) is 1. The Kier molecular flexibility index (Phi) is 3.18. The molecule has 3 rings (SSSR count). The normalized spacial score (nSPS) is 18.6. The van der Waals surface area contributed by atoms with E-state index in [9.17, 15) is 9.90 Å². The van der Waals surface area contributed by atoms with Crippen molar-refractivity contribution in [3.8, 4) is 0 Å². The van der Waals surface area contributed by atoms with Gasteiger partial charge in [-0.25, -0.2) is 4.79 Å². The van der Waals surface area contributed by atoms with E-state index >= 15 is 0 Å². The van der Waals surface area contributed by atoms with Crippen LogP contribution in [0.15, 0.2) is 18.2 Å². The van der Waals surface area contributed by atoms with Gasteiger partial charge in [0.2, 0.25) is 0 Å². The molecule has 4 nitrogen and oxygen atoms in total. The van der Waals surface area contributed by atoms with Gasteiger partial charge in [0.05, 0.1) is 16.8 Å². The van der Waals surface area contributed by atoms with Crippen molar-refractivity contribution in [1.29, 1.82) is 0 Å². The summed E-state index contributed by atoms with van der Waals surface area (Å²) in [6, 6.07) is 5.87. The number of carboxylic acids is 1. The zero-order valence-corrected chi connectivity index (χ0v) is 11.7. The van der Waals surface area contributed by atoms with Crippen LogP contribution in [0.1, 0.15) is 46.1 Å². The number of aromatic carboxylic acids is 1.